The van der Waals surface area contributed by atoms with Gasteiger partial charge in [-0.05, 0) is 29.8 Å². The summed E-state index contributed by atoms with van der Waals surface area (Å²) in [7, 11) is 0. The van der Waals surface area contributed by atoms with Gasteiger partial charge in [0.1, 0.15) is 0 Å². The van der Waals surface area contributed by atoms with E-state index in [1.54, 1.807) is 30.3 Å². The van der Waals surface area contributed by atoms with Crippen LogP contribution in [-0.4, -0.2) is 6.03 Å². The monoisotopic (exact) mass is 294 g/mol. The Morgan fingerprint density at radius 2 is 1.84 bits per heavy atom. The summed E-state index contributed by atoms with van der Waals surface area (Å²) in [4.78, 5) is 11.7. The van der Waals surface area contributed by atoms with Crippen LogP contribution >= 0.6 is 23.2 Å². The summed E-state index contributed by atoms with van der Waals surface area (Å²) in [6.45, 7) is 0.367. The minimum Gasteiger partial charge on any atom is -0.334 e. The van der Waals surface area contributed by atoms with Crippen LogP contribution in [0.5, 0.6) is 0 Å². The first-order valence-corrected chi connectivity index (χ1v) is 6.44. The zero-order valence-electron chi connectivity index (χ0n) is 9.99. The van der Waals surface area contributed by atoms with Gasteiger partial charge in [-0.2, -0.15) is 0 Å². The Morgan fingerprint density at radius 3 is 2.58 bits per heavy atom. The predicted molar refractivity (Wildman–Crippen MR) is 78.8 cm³/mol. The summed E-state index contributed by atoms with van der Waals surface area (Å²) in [5, 5.41) is 6.63. The third-order valence-corrected chi connectivity index (χ3v) is 3.08. The molecule has 0 bridgehead atoms. The first kappa shape index (κ1) is 13.7. The van der Waals surface area contributed by atoms with E-state index in [1.165, 1.54) is 0 Å². The molecule has 0 aromatic heterocycles. The summed E-state index contributed by atoms with van der Waals surface area (Å²) in [6.07, 6.45) is 0. The highest BCUT2D eigenvalue weighted by atomic mass is 35.5. The zero-order chi connectivity index (χ0) is 13.7. The highest BCUT2D eigenvalue weighted by molar-refractivity contribution is 6.31. The number of halogens is 2. The fraction of sp³-hybridized carbons (Fsp3) is 0.0714. The van der Waals surface area contributed by atoms with Crippen LogP contribution in [0.4, 0.5) is 10.5 Å². The van der Waals surface area contributed by atoms with E-state index >= 15 is 0 Å². The lowest BCUT2D eigenvalue weighted by Crippen LogP contribution is -2.28. The molecule has 3 nitrogen and oxygen atoms in total. The molecule has 0 fully saturated rings. The number of hydrogen-bond donors (Lipinski definition) is 2. The minimum atomic E-state index is -0.304. The predicted octanol–water partition coefficient (Wildman–Crippen LogP) is 4.32. The Labute approximate surface area is 121 Å². The smallest absolute Gasteiger partial charge is 0.319 e. The topological polar surface area (TPSA) is 41.1 Å². The molecule has 2 N–H and O–H groups in total. The molecule has 0 aliphatic carbocycles. The number of amides is 2. The molecule has 0 aliphatic rings. The number of carbonyl (C=O) groups is 1. The van der Waals surface area contributed by atoms with Crippen LogP contribution in [0.2, 0.25) is 10.0 Å². The van der Waals surface area contributed by atoms with Gasteiger partial charge < -0.3 is 10.6 Å². The lowest BCUT2D eigenvalue weighted by molar-refractivity contribution is 0.252. The highest BCUT2D eigenvalue weighted by Gasteiger charge is 2.04. The fourth-order valence-electron chi connectivity index (χ4n) is 1.56. The van der Waals surface area contributed by atoms with Crippen molar-refractivity contribution in [1.29, 1.82) is 0 Å². The Hall–Kier alpha value is -1.71. The van der Waals surface area contributed by atoms with E-state index in [2.05, 4.69) is 10.6 Å². The molecule has 2 aromatic rings. The van der Waals surface area contributed by atoms with E-state index in [4.69, 9.17) is 23.2 Å². The molecule has 19 heavy (non-hydrogen) atoms. The number of nitrogens with one attached hydrogen (secondary N) is 2. The molecule has 2 aromatic carbocycles. The van der Waals surface area contributed by atoms with E-state index in [-0.39, 0.29) is 6.03 Å². The van der Waals surface area contributed by atoms with Crippen LogP contribution in [0.1, 0.15) is 5.56 Å². The number of carbonyl (C=O) groups excluding carboxylic acids is 1. The summed E-state index contributed by atoms with van der Waals surface area (Å²) in [6, 6.07) is 14.0. The van der Waals surface area contributed by atoms with Crippen LogP contribution in [0, 0.1) is 0 Å². The largest absolute Gasteiger partial charge is 0.334 e. The van der Waals surface area contributed by atoms with Crippen LogP contribution in [0.15, 0.2) is 48.5 Å². The van der Waals surface area contributed by atoms with Crippen molar-refractivity contribution < 1.29 is 4.79 Å². The van der Waals surface area contributed by atoms with Crippen molar-refractivity contribution in [1.82, 2.24) is 5.32 Å². The van der Waals surface area contributed by atoms with Gasteiger partial charge in [-0.25, -0.2) is 4.79 Å². The lowest BCUT2D eigenvalue weighted by Gasteiger charge is -2.08. The SMILES string of the molecule is O=C(NCc1ccccc1Cl)Nc1cccc(Cl)c1. The molecule has 0 heterocycles. The van der Waals surface area contributed by atoms with E-state index in [0.717, 1.165) is 5.56 Å². The molecule has 0 radical (unpaired) electrons. The molecule has 0 unspecified atom stereocenters. The zero-order valence-corrected chi connectivity index (χ0v) is 11.5. The minimum absolute atomic E-state index is 0.304. The molecular weight excluding hydrogens is 283 g/mol. The van der Waals surface area contributed by atoms with Crippen LogP contribution in [0.3, 0.4) is 0 Å². The molecule has 98 valence electrons. The fourth-order valence-corrected chi connectivity index (χ4v) is 1.95. The Kier molecular flexibility index (Phi) is 4.66. The van der Waals surface area contributed by atoms with Crippen LogP contribution in [0.25, 0.3) is 0 Å². The standard InChI is InChI=1S/C14H12Cl2N2O/c15-11-5-3-6-12(8-11)18-14(19)17-9-10-4-1-2-7-13(10)16/h1-8H,9H2,(H2,17,18,19). The van der Waals surface area contributed by atoms with E-state index < -0.39 is 0 Å². The number of benzene rings is 2. The Balaban J connectivity index is 1.90. The van der Waals surface area contributed by atoms with Gasteiger partial charge in [0.25, 0.3) is 0 Å². The number of hydrogen-bond acceptors (Lipinski definition) is 1. The van der Waals surface area contributed by atoms with Crippen molar-refractivity contribution >= 4 is 34.9 Å². The quantitative estimate of drug-likeness (QED) is 0.870. The maximum Gasteiger partial charge on any atom is 0.319 e. The Bertz CT molecular complexity index is 587. The second-order valence-corrected chi connectivity index (χ2v) is 4.75. The molecular formula is C14H12Cl2N2O. The number of anilines is 1. The first-order valence-electron chi connectivity index (χ1n) is 5.69. The van der Waals surface area contributed by atoms with Crippen molar-refractivity contribution in [3.8, 4) is 0 Å². The third kappa shape index (κ3) is 4.16. The second kappa shape index (κ2) is 6.45. The third-order valence-electron chi connectivity index (χ3n) is 2.48. The van der Waals surface area contributed by atoms with Crippen LogP contribution in [-0.2, 0) is 6.54 Å². The maximum atomic E-state index is 11.7. The van der Waals surface area contributed by atoms with Gasteiger partial charge in [0.05, 0.1) is 0 Å². The molecule has 0 aliphatic heterocycles. The van der Waals surface area contributed by atoms with Crippen molar-refractivity contribution in [2.24, 2.45) is 0 Å². The molecule has 0 saturated heterocycles. The first-order chi connectivity index (χ1) is 9.15. The normalized spacial score (nSPS) is 10.0. The van der Waals surface area contributed by atoms with E-state index in [1.807, 2.05) is 18.2 Å². The van der Waals surface area contributed by atoms with Gasteiger partial charge in [0.2, 0.25) is 0 Å². The molecule has 5 heteroatoms. The van der Waals surface area contributed by atoms with Crippen molar-refractivity contribution in [2.45, 2.75) is 6.54 Å². The summed E-state index contributed by atoms with van der Waals surface area (Å²) in [5.74, 6) is 0. The number of rotatable bonds is 3. The van der Waals surface area contributed by atoms with Gasteiger partial charge >= 0.3 is 6.03 Å². The molecule has 0 spiro atoms. The Morgan fingerprint density at radius 1 is 1.05 bits per heavy atom. The van der Waals surface area contributed by atoms with Gasteiger partial charge in [-0.1, -0.05) is 47.5 Å². The van der Waals surface area contributed by atoms with Gasteiger partial charge in [-0.3, -0.25) is 0 Å². The molecule has 2 rings (SSSR count). The molecule has 2 amide bonds. The van der Waals surface area contributed by atoms with Crippen molar-refractivity contribution in [3.05, 3.63) is 64.1 Å². The van der Waals surface area contributed by atoms with E-state index in [0.29, 0.717) is 22.3 Å². The molecule has 0 atom stereocenters. The average Bonchev–Trinajstić information content (AvgIpc) is 2.38. The summed E-state index contributed by atoms with van der Waals surface area (Å²) in [5.41, 5.74) is 1.51. The second-order valence-electron chi connectivity index (χ2n) is 3.91. The van der Waals surface area contributed by atoms with Crippen molar-refractivity contribution in [2.75, 3.05) is 5.32 Å². The van der Waals surface area contributed by atoms with Crippen molar-refractivity contribution in [3.63, 3.8) is 0 Å². The van der Waals surface area contributed by atoms with Crippen LogP contribution < -0.4 is 10.6 Å². The highest BCUT2D eigenvalue weighted by Crippen LogP contribution is 2.16. The van der Waals surface area contributed by atoms with Gasteiger partial charge in [0, 0.05) is 22.3 Å². The van der Waals surface area contributed by atoms with E-state index in [9.17, 15) is 4.79 Å². The molecule has 0 saturated carbocycles. The maximum absolute atomic E-state index is 11.7. The average molecular weight is 295 g/mol. The summed E-state index contributed by atoms with van der Waals surface area (Å²) < 4.78 is 0. The van der Waals surface area contributed by atoms with Gasteiger partial charge in [-0.15, -0.1) is 0 Å². The summed E-state index contributed by atoms with van der Waals surface area (Å²) >= 11 is 11.8. The number of urea groups is 1. The lowest BCUT2D eigenvalue weighted by atomic mass is 10.2. The van der Waals surface area contributed by atoms with Gasteiger partial charge in [0.15, 0.2) is 0 Å².